The van der Waals surface area contributed by atoms with E-state index in [1.165, 1.54) is 16.6 Å². The van der Waals surface area contributed by atoms with Gasteiger partial charge in [-0.1, -0.05) is 18.2 Å². The van der Waals surface area contributed by atoms with Gasteiger partial charge in [-0.3, -0.25) is 4.79 Å². The van der Waals surface area contributed by atoms with Crippen LogP contribution in [0.4, 0.5) is 0 Å². The second-order valence-corrected chi connectivity index (χ2v) is 6.09. The molecule has 0 aliphatic carbocycles. The van der Waals surface area contributed by atoms with Crippen molar-refractivity contribution < 1.29 is 4.79 Å². The predicted molar refractivity (Wildman–Crippen MR) is 81.8 cm³/mol. The first kappa shape index (κ1) is 12.9. The number of nitrogens with zero attached hydrogens (tertiary/aromatic N) is 1. The maximum atomic E-state index is 12.6. The molecule has 0 spiro atoms. The Hall–Kier alpha value is -1.85. The maximum absolute atomic E-state index is 12.6. The number of para-hydroxylation sites is 1. The number of aromatic nitrogens is 1. The van der Waals surface area contributed by atoms with Gasteiger partial charge in [-0.25, -0.2) is 0 Å². The number of hydrogen-bond acceptors (Lipinski definition) is 3. The summed E-state index contributed by atoms with van der Waals surface area (Å²) in [7, 11) is 0. The summed E-state index contributed by atoms with van der Waals surface area (Å²) in [5.41, 5.74) is 9.59. The highest BCUT2D eigenvalue weighted by Gasteiger charge is 2.32. The lowest BCUT2D eigenvalue weighted by Gasteiger charge is -2.29. The predicted octanol–water partition coefficient (Wildman–Crippen LogP) is 0.742. The molecule has 0 unspecified atom stereocenters. The van der Waals surface area contributed by atoms with Crippen LogP contribution in [-0.4, -0.2) is 41.0 Å². The molecular formula is C16H20N4O. The number of nitrogens with one attached hydrogen (secondary N) is 2. The Morgan fingerprint density at radius 1 is 1.33 bits per heavy atom. The monoisotopic (exact) mass is 284 g/mol. The molecule has 5 nitrogen and oxygen atoms in total. The van der Waals surface area contributed by atoms with Crippen molar-refractivity contribution in [2.24, 2.45) is 5.73 Å². The van der Waals surface area contributed by atoms with Crippen LogP contribution in [0.25, 0.3) is 10.9 Å². The quantitative estimate of drug-likeness (QED) is 0.723. The van der Waals surface area contributed by atoms with Gasteiger partial charge in [0.05, 0.1) is 12.6 Å². The molecule has 0 saturated carbocycles. The minimum atomic E-state index is -0.106. The van der Waals surface area contributed by atoms with Crippen molar-refractivity contribution in [2.45, 2.75) is 31.5 Å². The molecule has 5 heteroatoms. The summed E-state index contributed by atoms with van der Waals surface area (Å²) in [5, 5.41) is 4.52. The summed E-state index contributed by atoms with van der Waals surface area (Å²) in [6.07, 6.45) is 1.67. The molecular weight excluding hydrogens is 264 g/mol. The zero-order valence-corrected chi connectivity index (χ0v) is 11.9. The van der Waals surface area contributed by atoms with Gasteiger partial charge >= 0.3 is 0 Å². The summed E-state index contributed by atoms with van der Waals surface area (Å²) in [6, 6.07) is 8.35. The van der Waals surface area contributed by atoms with E-state index >= 15 is 0 Å². The average Bonchev–Trinajstić information content (AvgIpc) is 3.09. The first-order chi connectivity index (χ1) is 10.2. The van der Waals surface area contributed by atoms with Gasteiger partial charge in [-0.05, 0) is 24.5 Å². The molecule has 1 fully saturated rings. The van der Waals surface area contributed by atoms with Gasteiger partial charge in [0.25, 0.3) is 0 Å². The van der Waals surface area contributed by atoms with E-state index in [0.717, 1.165) is 31.4 Å². The van der Waals surface area contributed by atoms with E-state index in [-0.39, 0.29) is 18.0 Å². The smallest absolute Gasteiger partial charge is 0.240 e. The Morgan fingerprint density at radius 2 is 2.19 bits per heavy atom. The zero-order valence-electron chi connectivity index (χ0n) is 11.9. The molecule has 2 atom stereocenters. The molecule has 4 rings (SSSR count). The Morgan fingerprint density at radius 3 is 3.00 bits per heavy atom. The fourth-order valence-electron chi connectivity index (χ4n) is 3.55. The average molecular weight is 284 g/mol. The van der Waals surface area contributed by atoms with Crippen molar-refractivity contribution >= 4 is 16.8 Å². The van der Waals surface area contributed by atoms with Gasteiger partial charge in [0, 0.05) is 35.7 Å². The minimum Gasteiger partial charge on any atom is -0.357 e. The molecule has 0 radical (unpaired) electrons. The van der Waals surface area contributed by atoms with Crippen LogP contribution in [0.15, 0.2) is 24.3 Å². The van der Waals surface area contributed by atoms with Crippen LogP contribution in [0.5, 0.6) is 0 Å². The Balaban J connectivity index is 1.57. The van der Waals surface area contributed by atoms with Gasteiger partial charge in [0.1, 0.15) is 0 Å². The van der Waals surface area contributed by atoms with Crippen LogP contribution in [0.1, 0.15) is 17.7 Å². The lowest BCUT2D eigenvalue weighted by Crippen LogP contribution is -2.45. The highest BCUT2D eigenvalue weighted by molar-refractivity contribution is 5.86. The molecule has 21 heavy (non-hydrogen) atoms. The summed E-state index contributed by atoms with van der Waals surface area (Å²) in [4.78, 5) is 18.0. The van der Waals surface area contributed by atoms with Crippen molar-refractivity contribution in [1.82, 2.24) is 15.2 Å². The molecule has 2 aliphatic heterocycles. The van der Waals surface area contributed by atoms with Crippen LogP contribution >= 0.6 is 0 Å². The normalized spacial score (nSPS) is 25.3. The molecule has 1 saturated heterocycles. The van der Waals surface area contributed by atoms with E-state index in [4.69, 9.17) is 5.73 Å². The number of benzene rings is 1. The summed E-state index contributed by atoms with van der Waals surface area (Å²) >= 11 is 0. The molecule has 3 heterocycles. The number of hydrogen-bond donors (Lipinski definition) is 3. The highest BCUT2D eigenvalue weighted by Crippen LogP contribution is 2.27. The van der Waals surface area contributed by atoms with Gasteiger partial charge in [-0.15, -0.1) is 0 Å². The fourth-order valence-corrected chi connectivity index (χ4v) is 3.55. The largest absolute Gasteiger partial charge is 0.357 e. The molecule has 2 aliphatic rings. The number of carbonyl (C=O) groups excluding carboxylic acids is 1. The third-order valence-corrected chi connectivity index (χ3v) is 4.66. The molecule has 4 N–H and O–H groups in total. The standard InChI is InChI=1S/C16H20N4O/c17-10-7-14(18-8-10)16(21)20-6-5-12-11-3-1-2-4-13(11)19-15(12)9-20/h1-4,10,14,18-19H,5-9,17H2/t10-,14+/m1/s1. The molecule has 110 valence electrons. The first-order valence-corrected chi connectivity index (χ1v) is 7.58. The van der Waals surface area contributed by atoms with E-state index in [1.807, 2.05) is 11.0 Å². The Labute approximate surface area is 123 Å². The van der Waals surface area contributed by atoms with Crippen molar-refractivity contribution in [2.75, 3.05) is 13.1 Å². The maximum Gasteiger partial charge on any atom is 0.240 e. The van der Waals surface area contributed by atoms with Crippen LogP contribution in [0, 0.1) is 0 Å². The fraction of sp³-hybridized carbons (Fsp3) is 0.438. The van der Waals surface area contributed by atoms with Crippen LogP contribution in [0.3, 0.4) is 0 Å². The second kappa shape index (κ2) is 4.86. The Kier molecular flexibility index (Phi) is 2.97. The van der Waals surface area contributed by atoms with Gasteiger partial charge in [-0.2, -0.15) is 0 Å². The number of nitrogens with two attached hydrogens (primary N) is 1. The van der Waals surface area contributed by atoms with Crippen LogP contribution in [0.2, 0.25) is 0 Å². The van der Waals surface area contributed by atoms with Gasteiger partial charge in [0.15, 0.2) is 0 Å². The van der Waals surface area contributed by atoms with Crippen molar-refractivity contribution in [3.63, 3.8) is 0 Å². The topological polar surface area (TPSA) is 74.2 Å². The lowest BCUT2D eigenvalue weighted by atomic mass is 10.0. The van der Waals surface area contributed by atoms with Gasteiger partial charge < -0.3 is 20.9 Å². The van der Waals surface area contributed by atoms with E-state index in [9.17, 15) is 4.79 Å². The Bertz CT molecular complexity index is 693. The van der Waals surface area contributed by atoms with Crippen LogP contribution in [-0.2, 0) is 17.8 Å². The van der Waals surface area contributed by atoms with E-state index in [0.29, 0.717) is 6.54 Å². The van der Waals surface area contributed by atoms with Crippen molar-refractivity contribution in [1.29, 1.82) is 0 Å². The number of aromatic amines is 1. The van der Waals surface area contributed by atoms with E-state index < -0.39 is 0 Å². The number of amides is 1. The number of fused-ring (bicyclic) bond motifs is 3. The highest BCUT2D eigenvalue weighted by atomic mass is 16.2. The van der Waals surface area contributed by atoms with Crippen LogP contribution < -0.4 is 11.1 Å². The number of carbonyl (C=O) groups is 1. The summed E-state index contributed by atoms with van der Waals surface area (Å²) in [6.45, 7) is 2.21. The lowest BCUT2D eigenvalue weighted by molar-refractivity contribution is -0.134. The van der Waals surface area contributed by atoms with Crippen molar-refractivity contribution in [3.05, 3.63) is 35.5 Å². The number of H-pyrrole nitrogens is 1. The first-order valence-electron chi connectivity index (χ1n) is 7.58. The van der Waals surface area contributed by atoms with E-state index in [1.54, 1.807) is 0 Å². The van der Waals surface area contributed by atoms with Gasteiger partial charge in [0.2, 0.25) is 5.91 Å². The molecule has 1 aromatic heterocycles. The van der Waals surface area contributed by atoms with E-state index in [2.05, 4.69) is 28.5 Å². The molecule has 2 aromatic rings. The number of rotatable bonds is 1. The molecule has 0 bridgehead atoms. The molecule has 1 amide bonds. The SMILES string of the molecule is N[C@H]1CN[C@H](C(=O)N2CCc3c([nH]c4ccccc34)C2)C1. The third kappa shape index (κ3) is 2.13. The summed E-state index contributed by atoms with van der Waals surface area (Å²) < 4.78 is 0. The molecule has 1 aromatic carbocycles. The zero-order chi connectivity index (χ0) is 14.4. The third-order valence-electron chi connectivity index (χ3n) is 4.66. The minimum absolute atomic E-state index is 0.104. The second-order valence-electron chi connectivity index (χ2n) is 6.09. The summed E-state index contributed by atoms with van der Waals surface area (Å²) in [5.74, 6) is 0.187. The van der Waals surface area contributed by atoms with Crippen molar-refractivity contribution in [3.8, 4) is 0 Å².